The van der Waals surface area contributed by atoms with Gasteiger partial charge in [-0.25, -0.2) is 4.98 Å². The van der Waals surface area contributed by atoms with Crippen LogP contribution >= 0.6 is 11.6 Å². The molecule has 0 saturated heterocycles. The van der Waals surface area contributed by atoms with Crippen molar-refractivity contribution in [3.05, 3.63) is 94.9 Å². The minimum Gasteiger partial charge on any atom is -0.486 e. The number of hydrogen-bond acceptors (Lipinski definition) is 3. The lowest BCUT2D eigenvalue weighted by molar-refractivity contribution is 0.102. The van der Waals surface area contributed by atoms with Gasteiger partial charge in [0.2, 0.25) is 0 Å². The van der Waals surface area contributed by atoms with Crippen LogP contribution in [0.5, 0.6) is 5.75 Å². The Morgan fingerprint density at radius 1 is 1.14 bits per heavy atom. The summed E-state index contributed by atoms with van der Waals surface area (Å²) in [7, 11) is 0. The second-order valence-electron chi connectivity index (χ2n) is 6.42. The molecule has 0 aliphatic carbocycles. The van der Waals surface area contributed by atoms with E-state index in [4.69, 9.17) is 16.3 Å². The van der Waals surface area contributed by atoms with E-state index in [0.717, 1.165) is 16.9 Å². The number of nitrogens with zero attached hydrogens (tertiary/aromatic N) is 2. The molecule has 140 valence electrons. The average molecular weight is 392 g/mol. The van der Waals surface area contributed by atoms with E-state index in [1.54, 1.807) is 24.3 Å². The fourth-order valence-corrected chi connectivity index (χ4v) is 3.18. The number of amides is 1. The minimum atomic E-state index is -0.281. The number of aryl methyl sites for hydroxylation is 1. The van der Waals surface area contributed by atoms with Crippen molar-refractivity contribution in [3.8, 4) is 5.75 Å². The molecule has 0 bridgehead atoms. The second kappa shape index (κ2) is 7.74. The molecule has 0 fully saturated rings. The predicted molar refractivity (Wildman–Crippen MR) is 110 cm³/mol. The van der Waals surface area contributed by atoms with Crippen molar-refractivity contribution < 1.29 is 9.53 Å². The molecule has 4 aromatic rings. The fourth-order valence-electron chi connectivity index (χ4n) is 2.90. The van der Waals surface area contributed by atoms with Crippen molar-refractivity contribution in [2.24, 2.45) is 0 Å². The van der Waals surface area contributed by atoms with E-state index in [1.165, 1.54) is 0 Å². The summed E-state index contributed by atoms with van der Waals surface area (Å²) in [5.41, 5.74) is 3.65. The van der Waals surface area contributed by atoms with Crippen LogP contribution in [0.15, 0.2) is 73.1 Å². The molecule has 0 spiro atoms. The molecule has 1 amide bonds. The number of aromatic nitrogens is 2. The Bertz CT molecular complexity index is 1120. The standard InChI is InChI=1S/C22H18ClN3O2/c1-15-9-10-19(18(23)12-15)25-22(27)17-6-2-3-7-20(17)28-14-16-13-26-11-5-4-8-21(26)24-16/h2-13H,14H2,1H3,(H,25,27). The highest BCUT2D eigenvalue weighted by Gasteiger charge is 2.14. The lowest BCUT2D eigenvalue weighted by Gasteiger charge is -2.12. The average Bonchev–Trinajstić information content (AvgIpc) is 3.12. The van der Waals surface area contributed by atoms with Gasteiger partial charge in [0, 0.05) is 12.4 Å². The van der Waals surface area contributed by atoms with Crippen LogP contribution < -0.4 is 10.1 Å². The van der Waals surface area contributed by atoms with Gasteiger partial charge in [-0.15, -0.1) is 0 Å². The van der Waals surface area contributed by atoms with E-state index in [2.05, 4.69) is 10.3 Å². The van der Waals surface area contributed by atoms with Crippen LogP contribution in [0.3, 0.4) is 0 Å². The molecule has 6 heteroatoms. The minimum absolute atomic E-state index is 0.261. The lowest BCUT2D eigenvalue weighted by atomic mass is 10.1. The molecular weight excluding hydrogens is 374 g/mol. The maximum Gasteiger partial charge on any atom is 0.259 e. The number of anilines is 1. The summed E-state index contributed by atoms with van der Waals surface area (Å²) in [6.45, 7) is 2.21. The molecular formula is C22H18ClN3O2. The van der Waals surface area contributed by atoms with E-state index in [-0.39, 0.29) is 12.5 Å². The summed E-state index contributed by atoms with van der Waals surface area (Å²) < 4.78 is 7.82. The third-order valence-corrected chi connectivity index (χ3v) is 4.61. The molecule has 0 saturated carbocycles. The van der Waals surface area contributed by atoms with Crippen LogP contribution in [0, 0.1) is 6.92 Å². The Labute approximate surface area is 167 Å². The number of nitrogens with one attached hydrogen (secondary N) is 1. The Hall–Kier alpha value is -3.31. The molecule has 2 heterocycles. The first-order valence-corrected chi connectivity index (χ1v) is 9.20. The molecule has 0 aliphatic rings. The molecule has 1 N–H and O–H groups in total. The molecule has 2 aromatic carbocycles. The molecule has 5 nitrogen and oxygen atoms in total. The number of pyridine rings is 1. The molecule has 0 atom stereocenters. The van der Waals surface area contributed by atoms with Crippen LogP contribution in [0.2, 0.25) is 5.02 Å². The topological polar surface area (TPSA) is 55.6 Å². The monoisotopic (exact) mass is 391 g/mol. The molecule has 0 unspecified atom stereocenters. The van der Waals surface area contributed by atoms with Gasteiger partial charge in [-0.2, -0.15) is 0 Å². The van der Waals surface area contributed by atoms with Gasteiger partial charge in [0.05, 0.1) is 22.0 Å². The van der Waals surface area contributed by atoms with Gasteiger partial charge in [-0.1, -0.05) is 35.9 Å². The van der Waals surface area contributed by atoms with Crippen molar-refractivity contribution in [2.75, 3.05) is 5.32 Å². The largest absolute Gasteiger partial charge is 0.486 e. The molecule has 28 heavy (non-hydrogen) atoms. The lowest BCUT2D eigenvalue weighted by Crippen LogP contribution is -2.14. The number of hydrogen-bond donors (Lipinski definition) is 1. The summed E-state index contributed by atoms with van der Waals surface area (Å²) in [4.78, 5) is 17.3. The first-order chi connectivity index (χ1) is 13.6. The number of benzene rings is 2. The highest BCUT2D eigenvalue weighted by molar-refractivity contribution is 6.34. The molecule has 2 aromatic heterocycles. The van der Waals surface area contributed by atoms with E-state index in [9.17, 15) is 4.79 Å². The number of halogens is 1. The Morgan fingerprint density at radius 2 is 1.96 bits per heavy atom. The molecule has 4 rings (SSSR count). The van der Waals surface area contributed by atoms with Gasteiger partial charge in [0.1, 0.15) is 18.0 Å². The number of ether oxygens (including phenoxy) is 1. The fraction of sp³-hybridized carbons (Fsp3) is 0.0909. The van der Waals surface area contributed by atoms with Crippen LogP contribution in [0.1, 0.15) is 21.6 Å². The normalized spacial score (nSPS) is 10.8. The van der Waals surface area contributed by atoms with E-state index in [1.807, 2.05) is 60.1 Å². The quantitative estimate of drug-likeness (QED) is 0.513. The zero-order valence-electron chi connectivity index (χ0n) is 15.2. The zero-order chi connectivity index (χ0) is 19.5. The van der Waals surface area contributed by atoms with Crippen LogP contribution in [0.25, 0.3) is 5.65 Å². The van der Waals surface area contributed by atoms with Gasteiger partial charge in [-0.3, -0.25) is 4.79 Å². The molecule has 0 aliphatic heterocycles. The van der Waals surface area contributed by atoms with Crippen molar-refractivity contribution in [3.63, 3.8) is 0 Å². The number of carbonyl (C=O) groups excluding carboxylic acids is 1. The maximum atomic E-state index is 12.8. The first-order valence-electron chi connectivity index (χ1n) is 8.82. The number of fused-ring (bicyclic) bond motifs is 1. The number of para-hydroxylation sites is 1. The predicted octanol–water partition coefficient (Wildman–Crippen LogP) is 5.13. The summed E-state index contributed by atoms with van der Waals surface area (Å²) in [6.07, 6.45) is 3.84. The van der Waals surface area contributed by atoms with Crippen molar-refractivity contribution in [2.45, 2.75) is 13.5 Å². The zero-order valence-corrected chi connectivity index (χ0v) is 16.0. The number of rotatable bonds is 5. The van der Waals surface area contributed by atoms with Crippen LogP contribution in [-0.4, -0.2) is 15.3 Å². The van der Waals surface area contributed by atoms with E-state index < -0.39 is 0 Å². The SMILES string of the molecule is Cc1ccc(NC(=O)c2ccccc2OCc2cn3ccccc3n2)c(Cl)c1. The third-order valence-electron chi connectivity index (χ3n) is 4.29. The van der Waals surface area contributed by atoms with Gasteiger partial charge in [-0.05, 0) is 48.9 Å². The first kappa shape index (κ1) is 18.1. The summed E-state index contributed by atoms with van der Waals surface area (Å²) >= 11 is 6.22. The van der Waals surface area contributed by atoms with Gasteiger partial charge in [0.25, 0.3) is 5.91 Å². The van der Waals surface area contributed by atoms with Crippen molar-refractivity contribution >= 4 is 28.8 Å². The smallest absolute Gasteiger partial charge is 0.259 e. The maximum absolute atomic E-state index is 12.8. The second-order valence-corrected chi connectivity index (χ2v) is 6.83. The van der Waals surface area contributed by atoms with Gasteiger partial charge in [0.15, 0.2) is 0 Å². The summed E-state index contributed by atoms with van der Waals surface area (Å²) in [6, 6.07) is 18.4. The van der Waals surface area contributed by atoms with Crippen molar-refractivity contribution in [1.29, 1.82) is 0 Å². The van der Waals surface area contributed by atoms with Crippen LogP contribution in [0.4, 0.5) is 5.69 Å². The van der Waals surface area contributed by atoms with Crippen molar-refractivity contribution in [1.82, 2.24) is 9.38 Å². The Kier molecular flexibility index (Phi) is 5.00. The highest BCUT2D eigenvalue weighted by atomic mass is 35.5. The summed E-state index contributed by atoms with van der Waals surface area (Å²) in [5, 5.41) is 3.34. The van der Waals surface area contributed by atoms with Gasteiger partial charge >= 0.3 is 0 Å². The van der Waals surface area contributed by atoms with E-state index in [0.29, 0.717) is 22.0 Å². The summed E-state index contributed by atoms with van der Waals surface area (Å²) in [5.74, 6) is 0.205. The number of carbonyl (C=O) groups is 1. The highest BCUT2D eigenvalue weighted by Crippen LogP contribution is 2.25. The van der Waals surface area contributed by atoms with Crippen LogP contribution in [-0.2, 0) is 6.61 Å². The number of imidazole rings is 1. The Balaban J connectivity index is 1.52. The Morgan fingerprint density at radius 3 is 2.79 bits per heavy atom. The van der Waals surface area contributed by atoms with Gasteiger partial charge < -0.3 is 14.5 Å². The third kappa shape index (κ3) is 3.85. The molecule has 0 radical (unpaired) electrons. The van der Waals surface area contributed by atoms with E-state index >= 15 is 0 Å².